The Bertz CT molecular complexity index is 520. The summed E-state index contributed by atoms with van der Waals surface area (Å²) in [5, 5.41) is 9.95. The smallest absolute Gasteiger partial charge is 0.305 e. The van der Waals surface area contributed by atoms with Crippen molar-refractivity contribution in [3.63, 3.8) is 0 Å². The van der Waals surface area contributed by atoms with Gasteiger partial charge in [0.2, 0.25) is 0 Å². The van der Waals surface area contributed by atoms with Crippen LogP contribution in [0.2, 0.25) is 0 Å². The fourth-order valence-electron chi connectivity index (χ4n) is 2.72. The van der Waals surface area contributed by atoms with Gasteiger partial charge in [-0.2, -0.15) is 0 Å². The van der Waals surface area contributed by atoms with Crippen molar-refractivity contribution < 1.29 is 14.6 Å². The molecule has 0 aliphatic carbocycles. The number of allylic oxidation sites excluding steroid dienone is 3. The summed E-state index contributed by atoms with van der Waals surface area (Å²) in [5.41, 5.74) is 1.26. The van der Waals surface area contributed by atoms with Crippen molar-refractivity contribution in [3.8, 4) is 0 Å². The van der Waals surface area contributed by atoms with E-state index in [1.165, 1.54) is 24.8 Å². The Morgan fingerprint density at radius 3 is 2.58 bits per heavy atom. The maximum Gasteiger partial charge on any atom is 0.305 e. The molecule has 1 aromatic rings. The topological polar surface area (TPSA) is 46.5 Å². The first-order valence-corrected chi connectivity index (χ1v) is 9.93. The van der Waals surface area contributed by atoms with E-state index < -0.39 is 0 Å². The predicted molar refractivity (Wildman–Crippen MR) is 108 cm³/mol. The number of benzene rings is 1. The van der Waals surface area contributed by atoms with E-state index in [1.807, 2.05) is 43.4 Å². The molecular weight excluding hydrogens is 324 g/mol. The number of aliphatic hydroxyl groups is 1. The largest absolute Gasteiger partial charge is 0.466 e. The van der Waals surface area contributed by atoms with E-state index in [4.69, 9.17) is 4.74 Å². The van der Waals surface area contributed by atoms with Gasteiger partial charge in [0.15, 0.2) is 0 Å². The van der Waals surface area contributed by atoms with Crippen molar-refractivity contribution in [1.29, 1.82) is 0 Å². The van der Waals surface area contributed by atoms with Crippen LogP contribution < -0.4 is 0 Å². The molecule has 1 aromatic carbocycles. The fraction of sp³-hybridized carbons (Fsp3) is 0.522. The molecule has 0 radical (unpaired) electrons. The number of hydrogen-bond donors (Lipinski definition) is 1. The van der Waals surface area contributed by atoms with Gasteiger partial charge in [-0.1, -0.05) is 73.9 Å². The molecule has 0 unspecified atom stereocenters. The SMILES string of the molecule is CCOC(=O)CCCCCCC/C=C\C=C\[C@@H](O)CCc1ccccc1. The van der Waals surface area contributed by atoms with Crippen molar-refractivity contribution in [1.82, 2.24) is 0 Å². The van der Waals surface area contributed by atoms with Gasteiger partial charge in [-0.3, -0.25) is 4.79 Å². The minimum atomic E-state index is -0.390. The Hall–Kier alpha value is -1.87. The summed E-state index contributed by atoms with van der Waals surface area (Å²) in [6, 6.07) is 10.2. The first kappa shape index (κ1) is 22.2. The van der Waals surface area contributed by atoms with Crippen molar-refractivity contribution in [2.24, 2.45) is 0 Å². The lowest BCUT2D eigenvalue weighted by molar-refractivity contribution is -0.143. The lowest BCUT2D eigenvalue weighted by atomic mass is 10.1. The lowest BCUT2D eigenvalue weighted by Gasteiger charge is -2.04. The summed E-state index contributed by atoms with van der Waals surface area (Å²) in [6.45, 7) is 2.32. The van der Waals surface area contributed by atoms with Crippen LogP contribution in [-0.2, 0) is 16.0 Å². The third kappa shape index (κ3) is 12.5. The van der Waals surface area contributed by atoms with Crippen LogP contribution in [-0.4, -0.2) is 23.8 Å². The van der Waals surface area contributed by atoms with Crippen LogP contribution in [0.4, 0.5) is 0 Å². The normalized spacial score (nSPS) is 12.7. The Labute approximate surface area is 158 Å². The molecule has 0 saturated heterocycles. The molecule has 0 fully saturated rings. The predicted octanol–water partition coefficient (Wildman–Crippen LogP) is 5.39. The van der Waals surface area contributed by atoms with Gasteiger partial charge in [-0.05, 0) is 44.6 Å². The highest BCUT2D eigenvalue weighted by Crippen LogP contribution is 2.09. The van der Waals surface area contributed by atoms with Crippen molar-refractivity contribution in [3.05, 3.63) is 60.2 Å². The molecule has 0 heterocycles. The zero-order valence-electron chi connectivity index (χ0n) is 16.1. The maximum absolute atomic E-state index is 11.2. The van der Waals surface area contributed by atoms with E-state index in [-0.39, 0.29) is 12.1 Å². The molecule has 0 spiro atoms. The number of aryl methyl sites for hydroxylation is 1. The quantitative estimate of drug-likeness (QED) is 0.276. The Morgan fingerprint density at radius 1 is 1.08 bits per heavy atom. The fourth-order valence-corrected chi connectivity index (χ4v) is 2.72. The average Bonchev–Trinajstić information content (AvgIpc) is 2.65. The Kier molecular flexibility index (Phi) is 13.1. The van der Waals surface area contributed by atoms with Gasteiger partial charge in [-0.25, -0.2) is 0 Å². The molecule has 0 bridgehead atoms. The molecule has 0 aliphatic rings. The summed E-state index contributed by atoms with van der Waals surface area (Å²) in [4.78, 5) is 11.2. The first-order chi connectivity index (χ1) is 12.7. The molecule has 1 atom stereocenters. The van der Waals surface area contributed by atoms with Crippen LogP contribution in [0.25, 0.3) is 0 Å². The second-order valence-corrected chi connectivity index (χ2v) is 6.52. The number of rotatable bonds is 14. The summed E-state index contributed by atoms with van der Waals surface area (Å²) in [5.74, 6) is -0.0758. The average molecular weight is 359 g/mol. The van der Waals surface area contributed by atoms with Crippen LogP contribution in [0.15, 0.2) is 54.6 Å². The van der Waals surface area contributed by atoms with Crippen LogP contribution in [0, 0.1) is 0 Å². The number of hydrogen-bond acceptors (Lipinski definition) is 3. The minimum absolute atomic E-state index is 0.0758. The van der Waals surface area contributed by atoms with Crippen LogP contribution in [0.5, 0.6) is 0 Å². The number of unbranched alkanes of at least 4 members (excludes halogenated alkanes) is 5. The zero-order chi connectivity index (χ0) is 18.9. The molecular formula is C23H34O3. The molecule has 0 aromatic heterocycles. The second kappa shape index (κ2) is 15.4. The van der Waals surface area contributed by atoms with Gasteiger partial charge in [0.05, 0.1) is 12.7 Å². The van der Waals surface area contributed by atoms with E-state index in [9.17, 15) is 9.90 Å². The Balaban J connectivity index is 1.96. The highest BCUT2D eigenvalue weighted by atomic mass is 16.5. The molecule has 1 N–H and O–H groups in total. The van der Waals surface area contributed by atoms with Gasteiger partial charge in [0.25, 0.3) is 0 Å². The molecule has 144 valence electrons. The van der Waals surface area contributed by atoms with E-state index in [0.717, 1.165) is 32.1 Å². The maximum atomic E-state index is 11.2. The minimum Gasteiger partial charge on any atom is -0.466 e. The number of aliphatic hydroxyl groups excluding tert-OH is 1. The standard InChI is InChI=1S/C23H34O3/c1-2-26-23(25)18-14-9-7-5-3-4-6-8-13-17-22(24)20-19-21-15-11-10-12-16-21/h6,8,10-13,15-17,22,24H,2-5,7,9,14,18-20H2,1H3/b8-6-,17-13+/t22-/m1/s1. The zero-order valence-corrected chi connectivity index (χ0v) is 16.1. The molecule has 0 aliphatic heterocycles. The molecule has 3 heteroatoms. The number of carbonyl (C=O) groups excluding carboxylic acids is 1. The van der Waals surface area contributed by atoms with E-state index >= 15 is 0 Å². The molecule has 3 nitrogen and oxygen atoms in total. The highest BCUT2D eigenvalue weighted by Gasteiger charge is 2.00. The van der Waals surface area contributed by atoms with E-state index in [2.05, 4.69) is 18.2 Å². The van der Waals surface area contributed by atoms with Gasteiger partial charge in [-0.15, -0.1) is 0 Å². The van der Waals surface area contributed by atoms with Crippen LogP contribution in [0.3, 0.4) is 0 Å². The van der Waals surface area contributed by atoms with Gasteiger partial charge < -0.3 is 9.84 Å². The number of esters is 1. The van der Waals surface area contributed by atoms with E-state index in [1.54, 1.807) is 0 Å². The number of ether oxygens (including phenoxy) is 1. The summed E-state index contributed by atoms with van der Waals surface area (Å²) < 4.78 is 4.91. The molecule has 1 rings (SSSR count). The van der Waals surface area contributed by atoms with Gasteiger partial charge >= 0.3 is 5.97 Å². The van der Waals surface area contributed by atoms with Gasteiger partial charge in [0.1, 0.15) is 0 Å². The van der Waals surface area contributed by atoms with Crippen molar-refractivity contribution >= 4 is 5.97 Å². The second-order valence-electron chi connectivity index (χ2n) is 6.52. The summed E-state index contributed by atoms with van der Waals surface area (Å²) >= 11 is 0. The van der Waals surface area contributed by atoms with Crippen LogP contribution >= 0.6 is 0 Å². The number of carbonyl (C=O) groups is 1. The lowest BCUT2D eigenvalue weighted by Crippen LogP contribution is -2.03. The summed E-state index contributed by atoms with van der Waals surface area (Å²) in [6.07, 6.45) is 16.4. The van der Waals surface area contributed by atoms with Crippen molar-refractivity contribution in [2.45, 2.75) is 70.8 Å². The highest BCUT2D eigenvalue weighted by molar-refractivity contribution is 5.69. The molecule has 0 amide bonds. The Morgan fingerprint density at radius 2 is 1.81 bits per heavy atom. The third-order valence-electron chi connectivity index (χ3n) is 4.21. The third-order valence-corrected chi connectivity index (χ3v) is 4.21. The van der Waals surface area contributed by atoms with Crippen molar-refractivity contribution in [2.75, 3.05) is 6.61 Å². The van der Waals surface area contributed by atoms with Gasteiger partial charge in [0, 0.05) is 6.42 Å². The molecule has 26 heavy (non-hydrogen) atoms. The summed E-state index contributed by atoms with van der Waals surface area (Å²) in [7, 11) is 0. The van der Waals surface area contributed by atoms with Crippen LogP contribution in [0.1, 0.15) is 63.9 Å². The molecule has 0 saturated carbocycles. The first-order valence-electron chi connectivity index (χ1n) is 9.93. The monoisotopic (exact) mass is 358 g/mol. The van der Waals surface area contributed by atoms with E-state index in [0.29, 0.717) is 13.0 Å².